The lowest BCUT2D eigenvalue weighted by atomic mass is 10.1. The molecule has 0 aliphatic heterocycles. The van der Waals surface area contributed by atoms with Crippen molar-refractivity contribution >= 4 is 5.91 Å². The van der Waals surface area contributed by atoms with E-state index in [9.17, 15) is 18.0 Å². The van der Waals surface area contributed by atoms with E-state index in [1.54, 1.807) is 12.1 Å². The number of nitrogens with one attached hydrogen (secondary N) is 1. The Hall–Kier alpha value is -2.50. The Morgan fingerprint density at radius 2 is 1.80 bits per heavy atom. The predicted molar refractivity (Wildman–Crippen MR) is 89.3 cm³/mol. The number of hydrogen-bond donors (Lipinski definition) is 1. The van der Waals surface area contributed by atoms with E-state index >= 15 is 0 Å². The van der Waals surface area contributed by atoms with Gasteiger partial charge in [0, 0.05) is 13.0 Å². The normalized spacial score (nSPS) is 11.2. The van der Waals surface area contributed by atoms with Crippen LogP contribution in [0.2, 0.25) is 0 Å². The van der Waals surface area contributed by atoms with Crippen molar-refractivity contribution < 1.29 is 22.7 Å². The Morgan fingerprint density at radius 1 is 1.08 bits per heavy atom. The molecule has 6 heteroatoms. The third kappa shape index (κ3) is 7.28. The first kappa shape index (κ1) is 18.8. The first-order chi connectivity index (χ1) is 11.8. The minimum atomic E-state index is -4.36. The zero-order chi connectivity index (χ0) is 18.3. The molecule has 25 heavy (non-hydrogen) atoms. The van der Waals surface area contributed by atoms with Crippen molar-refractivity contribution in [3.05, 3.63) is 65.2 Å². The average molecular weight is 351 g/mol. The molecule has 134 valence electrons. The van der Waals surface area contributed by atoms with Crippen molar-refractivity contribution in [1.82, 2.24) is 5.32 Å². The summed E-state index contributed by atoms with van der Waals surface area (Å²) in [4.78, 5) is 11.9. The van der Waals surface area contributed by atoms with Gasteiger partial charge in [0.2, 0.25) is 5.91 Å². The van der Waals surface area contributed by atoms with E-state index in [-0.39, 0.29) is 11.7 Å². The van der Waals surface area contributed by atoms with Crippen LogP contribution in [0.15, 0.2) is 48.5 Å². The van der Waals surface area contributed by atoms with Gasteiger partial charge in [0.15, 0.2) is 6.61 Å². The van der Waals surface area contributed by atoms with Crippen LogP contribution in [0.25, 0.3) is 0 Å². The van der Waals surface area contributed by atoms with E-state index in [1.807, 2.05) is 31.2 Å². The minimum absolute atomic E-state index is 0.0705. The van der Waals surface area contributed by atoms with Crippen molar-refractivity contribution in [3.8, 4) is 5.75 Å². The Morgan fingerprint density at radius 3 is 2.44 bits per heavy atom. The molecule has 2 aromatic carbocycles. The predicted octanol–water partition coefficient (Wildman–Crippen LogP) is 4.19. The molecule has 0 unspecified atom stereocenters. The van der Waals surface area contributed by atoms with Gasteiger partial charge in [-0.2, -0.15) is 13.2 Å². The van der Waals surface area contributed by atoms with Crippen molar-refractivity contribution in [2.24, 2.45) is 0 Å². The van der Waals surface area contributed by atoms with Crippen LogP contribution in [-0.2, 0) is 17.8 Å². The Bertz CT molecular complexity index is 697. The zero-order valence-corrected chi connectivity index (χ0v) is 13.9. The van der Waals surface area contributed by atoms with Gasteiger partial charge in [0.1, 0.15) is 5.75 Å². The summed E-state index contributed by atoms with van der Waals surface area (Å²) in [5.74, 6) is 0.0748. The number of ether oxygens (including phenoxy) is 1. The lowest BCUT2D eigenvalue weighted by Crippen LogP contribution is -2.23. The summed E-state index contributed by atoms with van der Waals surface area (Å²) in [5, 5.41) is 2.80. The first-order valence-electron chi connectivity index (χ1n) is 7.92. The number of carbonyl (C=O) groups is 1. The van der Waals surface area contributed by atoms with Crippen molar-refractivity contribution in [2.45, 2.75) is 32.5 Å². The quantitative estimate of drug-likeness (QED) is 0.812. The lowest BCUT2D eigenvalue weighted by Gasteiger charge is -2.10. The van der Waals surface area contributed by atoms with E-state index < -0.39 is 12.8 Å². The van der Waals surface area contributed by atoms with Crippen molar-refractivity contribution in [3.63, 3.8) is 0 Å². The molecule has 2 rings (SSSR count). The van der Waals surface area contributed by atoms with Crippen LogP contribution in [0.4, 0.5) is 13.2 Å². The molecular weight excluding hydrogens is 331 g/mol. The molecule has 0 bridgehead atoms. The molecular formula is C19H20F3NO2. The molecule has 0 aliphatic carbocycles. The maximum Gasteiger partial charge on any atom is 0.422 e. The SMILES string of the molecule is Cc1cccc(CCC(=O)NCc2ccc(OCC(F)(F)F)cc2)c1. The Balaban J connectivity index is 1.74. The second kappa shape index (κ2) is 8.55. The number of amides is 1. The zero-order valence-electron chi connectivity index (χ0n) is 13.9. The second-order valence-electron chi connectivity index (χ2n) is 5.81. The van der Waals surface area contributed by atoms with E-state index in [1.165, 1.54) is 12.1 Å². The molecule has 0 spiro atoms. The van der Waals surface area contributed by atoms with Gasteiger partial charge in [-0.3, -0.25) is 4.79 Å². The Kier molecular flexibility index (Phi) is 6.44. The molecule has 2 aromatic rings. The van der Waals surface area contributed by atoms with Crippen LogP contribution in [0.1, 0.15) is 23.1 Å². The summed E-state index contributed by atoms with van der Waals surface area (Å²) in [6, 6.07) is 14.2. The fourth-order valence-corrected chi connectivity index (χ4v) is 2.28. The van der Waals surface area contributed by atoms with Gasteiger partial charge in [-0.25, -0.2) is 0 Å². The summed E-state index contributed by atoms with van der Waals surface area (Å²) in [5.41, 5.74) is 3.07. The van der Waals surface area contributed by atoms with Gasteiger partial charge in [0.25, 0.3) is 0 Å². The summed E-state index contributed by atoms with van der Waals surface area (Å²) >= 11 is 0. The summed E-state index contributed by atoms with van der Waals surface area (Å²) in [6.07, 6.45) is -3.31. The van der Waals surface area contributed by atoms with E-state index in [0.717, 1.165) is 16.7 Å². The summed E-state index contributed by atoms with van der Waals surface area (Å²) in [6.45, 7) is 1.01. The number of aryl methyl sites for hydroxylation is 2. The van der Waals surface area contributed by atoms with Gasteiger partial charge in [-0.1, -0.05) is 42.0 Å². The topological polar surface area (TPSA) is 38.3 Å². The van der Waals surface area contributed by atoms with E-state index in [2.05, 4.69) is 10.1 Å². The highest BCUT2D eigenvalue weighted by Crippen LogP contribution is 2.18. The van der Waals surface area contributed by atoms with Gasteiger partial charge >= 0.3 is 6.18 Å². The number of rotatable bonds is 7. The fraction of sp³-hybridized carbons (Fsp3) is 0.316. The molecule has 0 aliphatic rings. The number of alkyl halides is 3. The second-order valence-corrected chi connectivity index (χ2v) is 5.81. The van der Waals surface area contributed by atoms with Crippen molar-refractivity contribution in [2.75, 3.05) is 6.61 Å². The molecule has 0 radical (unpaired) electrons. The third-order valence-corrected chi connectivity index (χ3v) is 3.54. The van der Waals surface area contributed by atoms with Crippen LogP contribution >= 0.6 is 0 Å². The summed E-state index contributed by atoms with van der Waals surface area (Å²) < 4.78 is 40.9. The van der Waals surface area contributed by atoms with Crippen LogP contribution in [0, 0.1) is 6.92 Å². The molecule has 0 aromatic heterocycles. The van der Waals surface area contributed by atoms with Gasteiger partial charge in [-0.05, 0) is 36.6 Å². The molecule has 1 N–H and O–H groups in total. The smallest absolute Gasteiger partial charge is 0.422 e. The third-order valence-electron chi connectivity index (χ3n) is 3.54. The van der Waals surface area contributed by atoms with Crippen LogP contribution in [0.5, 0.6) is 5.75 Å². The van der Waals surface area contributed by atoms with Gasteiger partial charge in [0.05, 0.1) is 0 Å². The molecule has 0 saturated heterocycles. The van der Waals surface area contributed by atoms with Gasteiger partial charge in [-0.15, -0.1) is 0 Å². The average Bonchev–Trinajstić information content (AvgIpc) is 2.56. The highest BCUT2D eigenvalue weighted by atomic mass is 19.4. The highest BCUT2D eigenvalue weighted by molar-refractivity contribution is 5.76. The van der Waals surface area contributed by atoms with Crippen LogP contribution in [-0.4, -0.2) is 18.7 Å². The van der Waals surface area contributed by atoms with Crippen molar-refractivity contribution in [1.29, 1.82) is 0 Å². The maximum absolute atomic E-state index is 12.1. The minimum Gasteiger partial charge on any atom is -0.484 e. The molecule has 0 saturated carbocycles. The molecule has 0 atom stereocenters. The molecule has 0 fully saturated rings. The number of carbonyl (C=O) groups excluding carboxylic acids is 1. The molecule has 0 heterocycles. The number of benzene rings is 2. The molecule has 3 nitrogen and oxygen atoms in total. The maximum atomic E-state index is 12.1. The molecule has 1 amide bonds. The lowest BCUT2D eigenvalue weighted by molar-refractivity contribution is -0.153. The van der Waals surface area contributed by atoms with Crippen LogP contribution in [0.3, 0.4) is 0 Å². The Labute approximate surface area is 144 Å². The highest BCUT2D eigenvalue weighted by Gasteiger charge is 2.28. The number of hydrogen-bond acceptors (Lipinski definition) is 2. The van der Waals surface area contributed by atoms with E-state index in [4.69, 9.17) is 0 Å². The largest absolute Gasteiger partial charge is 0.484 e. The van der Waals surface area contributed by atoms with Crippen LogP contribution < -0.4 is 10.1 Å². The number of halogens is 3. The first-order valence-corrected chi connectivity index (χ1v) is 7.92. The standard InChI is InChI=1S/C19H20F3NO2/c1-14-3-2-4-15(11-14)7-10-18(24)23-12-16-5-8-17(9-6-16)25-13-19(20,21)22/h2-6,8-9,11H,7,10,12-13H2,1H3,(H,23,24). The van der Waals surface area contributed by atoms with E-state index in [0.29, 0.717) is 19.4 Å². The summed E-state index contributed by atoms with van der Waals surface area (Å²) in [7, 11) is 0. The monoisotopic (exact) mass is 351 g/mol. The van der Waals surface area contributed by atoms with Gasteiger partial charge < -0.3 is 10.1 Å². The fourth-order valence-electron chi connectivity index (χ4n) is 2.28.